The van der Waals surface area contributed by atoms with Crippen molar-refractivity contribution in [3.8, 4) is 0 Å². The number of aromatic nitrogens is 2. The molecule has 0 aromatic carbocycles. The van der Waals surface area contributed by atoms with Gasteiger partial charge in [-0.3, -0.25) is 4.90 Å². The Balaban J connectivity index is 1.59. The maximum absolute atomic E-state index is 5.65. The van der Waals surface area contributed by atoms with E-state index in [-0.39, 0.29) is 0 Å². The van der Waals surface area contributed by atoms with Crippen LogP contribution in [0.4, 0.5) is 0 Å². The Morgan fingerprint density at radius 3 is 2.94 bits per heavy atom. The van der Waals surface area contributed by atoms with Gasteiger partial charge in [0.1, 0.15) is 0 Å². The summed E-state index contributed by atoms with van der Waals surface area (Å²) in [6.07, 6.45) is 3.63. The van der Waals surface area contributed by atoms with Crippen molar-refractivity contribution in [3.63, 3.8) is 0 Å². The molecule has 2 fully saturated rings. The number of nitrogens with one attached hydrogen (secondary N) is 1. The lowest BCUT2D eigenvalue weighted by atomic mass is 10.2. The molecule has 1 saturated carbocycles. The summed E-state index contributed by atoms with van der Waals surface area (Å²) in [7, 11) is 2.12. The van der Waals surface area contributed by atoms with Crippen LogP contribution in [0.25, 0.3) is 0 Å². The van der Waals surface area contributed by atoms with Gasteiger partial charge in [-0.2, -0.15) is 0 Å². The van der Waals surface area contributed by atoms with Crippen LogP contribution >= 0.6 is 0 Å². The molecule has 16 heavy (non-hydrogen) atoms. The molecule has 1 aromatic rings. The topological polar surface area (TPSA) is 54.2 Å². The second-order valence-corrected chi connectivity index (χ2v) is 4.87. The fraction of sp³-hybridized carbons (Fsp3) is 0.818. The average Bonchev–Trinajstić information content (AvgIpc) is 2.82. The molecule has 0 amide bonds. The molecule has 1 aliphatic heterocycles. The first-order valence-corrected chi connectivity index (χ1v) is 6.06. The smallest absolute Gasteiger partial charge is 0.230 e. The summed E-state index contributed by atoms with van der Waals surface area (Å²) in [5.41, 5.74) is 0. The van der Waals surface area contributed by atoms with Gasteiger partial charge in [-0.15, -0.1) is 10.2 Å². The molecule has 0 spiro atoms. The van der Waals surface area contributed by atoms with E-state index >= 15 is 0 Å². The van der Waals surface area contributed by atoms with Crippen molar-refractivity contribution >= 4 is 0 Å². The Morgan fingerprint density at radius 2 is 2.25 bits per heavy atom. The Kier molecular flexibility index (Phi) is 2.65. The molecule has 1 N–H and O–H groups in total. The summed E-state index contributed by atoms with van der Waals surface area (Å²) in [6, 6.07) is 0.608. The van der Waals surface area contributed by atoms with Gasteiger partial charge >= 0.3 is 0 Å². The van der Waals surface area contributed by atoms with Crippen molar-refractivity contribution in [1.82, 2.24) is 20.4 Å². The van der Waals surface area contributed by atoms with E-state index in [9.17, 15) is 0 Å². The lowest BCUT2D eigenvalue weighted by molar-refractivity contribution is 0.223. The van der Waals surface area contributed by atoms with Crippen LogP contribution in [0.2, 0.25) is 0 Å². The summed E-state index contributed by atoms with van der Waals surface area (Å²) in [4.78, 5) is 2.30. The van der Waals surface area contributed by atoms with Crippen LogP contribution in [0.3, 0.4) is 0 Å². The molecular weight excluding hydrogens is 204 g/mol. The predicted molar refractivity (Wildman–Crippen MR) is 59.0 cm³/mol. The van der Waals surface area contributed by atoms with Crippen LogP contribution in [-0.4, -0.2) is 41.3 Å². The molecule has 1 unspecified atom stereocenters. The number of rotatable bonds is 4. The van der Waals surface area contributed by atoms with Gasteiger partial charge in [-0.25, -0.2) is 0 Å². The molecule has 0 radical (unpaired) electrons. The van der Waals surface area contributed by atoms with Gasteiger partial charge in [0.05, 0.1) is 6.54 Å². The molecule has 3 rings (SSSR count). The predicted octanol–water partition coefficient (Wildman–Crippen LogP) is 0.741. The zero-order valence-electron chi connectivity index (χ0n) is 9.65. The van der Waals surface area contributed by atoms with Gasteiger partial charge in [0, 0.05) is 18.5 Å². The largest absolute Gasteiger partial charge is 0.424 e. The van der Waals surface area contributed by atoms with Crippen molar-refractivity contribution in [2.45, 2.75) is 37.8 Å². The average molecular weight is 222 g/mol. The first kappa shape index (κ1) is 10.2. The second kappa shape index (κ2) is 4.14. The Labute approximate surface area is 95.2 Å². The van der Waals surface area contributed by atoms with Crippen LogP contribution in [-0.2, 0) is 6.54 Å². The minimum atomic E-state index is 0.555. The number of likely N-dealkylation sites (N-methyl/N-ethyl adjacent to an activating group) is 1. The fourth-order valence-corrected chi connectivity index (χ4v) is 2.18. The third-order valence-corrected chi connectivity index (χ3v) is 3.45. The first-order chi connectivity index (χ1) is 7.83. The van der Waals surface area contributed by atoms with Crippen LogP contribution in [0.15, 0.2) is 4.42 Å². The minimum Gasteiger partial charge on any atom is -0.424 e. The van der Waals surface area contributed by atoms with E-state index in [4.69, 9.17) is 4.42 Å². The first-order valence-electron chi connectivity index (χ1n) is 6.06. The number of hydrogen-bond acceptors (Lipinski definition) is 5. The Hall–Kier alpha value is -0.940. The summed E-state index contributed by atoms with van der Waals surface area (Å²) < 4.78 is 5.65. The summed E-state index contributed by atoms with van der Waals surface area (Å²) in [5.74, 6) is 2.16. The highest BCUT2D eigenvalue weighted by atomic mass is 16.4. The molecule has 2 heterocycles. The zero-order chi connectivity index (χ0) is 11.0. The van der Waals surface area contributed by atoms with Crippen molar-refractivity contribution in [3.05, 3.63) is 11.8 Å². The highest BCUT2D eigenvalue weighted by Gasteiger charge is 2.29. The number of hydrogen-bond donors (Lipinski definition) is 1. The minimum absolute atomic E-state index is 0.555. The maximum atomic E-state index is 5.65. The fourth-order valence-electron chi connectivity index (χ4n) is 2.18. The van der Waals surface area contributed by atoms with E-state index in [0.29, 0.717) is 12.0 Å². The highest BCUT2D eigenvalue weighted by Crippen LogP contribution is 2.39. The van der Waals surface area contributed by atoms with Crippen LogP contribution in [0.5, 0.6) is 0 Å². The van der Waals surface area contributed by atoms with Crippen LogP contribution in [0.1, 0.15) is 37.0 Å². The van der Waals surface area contributed by atoms with Crippen molar-refractivity contribution in [2.75, 3.05) is 20.1 Å². The van der Waals surface area contributed by atoms with Gasteiger partial charge in [-0.1, -0.05) is 0 Å². The Bertz CT molecular complexity index is 355. The van der Waals surface area contributed by atoms with Gasteiger partial charge in [0.25, 0.3) is 0 Å². The molecule has 5 nitrogen and oxygen atoms in total. The molecular formula is C11H18N4O. The normalized spacial score (nSPS) is 25.5. The van der Waals surface area contributed by atoms with Crippen molar-refractivity contribution in [1.29, 1.82) is 0 Å². The van der Waals surface area contributed by atoms with Gasteiger partial charge in [0.15, 0.2) is 0 Å². The molecule has 1 atom stereocenters. The molecule has 2 aliphatic rings. The highest BCUT2D eigenvalue weighted by molar-refractivity contribution is 5.00. The number of nitrogens with zero attached hydrogens (tertiary/aromatic N) is 3. The lowest BCUT2D eigenvalue weighted by Crippen LogP contribution is -2.32. The van der Waals surface area contributed by atoms with E-state index in [1.807, 2.05) is 0 Å². The van der Waals surface area contributed by atoms with Crippen LogP contribution in [0, 0.1) is 0 Å². The molecule has 1 aromatic heterocycles. The van der Waals surface area contributed by atoms with E-state index in [0.717, 1.165) is 31.4 Å². The van der Waals surface area contributed by atoms with Crippen molar-refractivity contribution in [2.24, 2.45) is 0 Å². The van der Waals surface area contributed by atoms with Crippen LogP contribution < -0.4 is 5.32 Å². The molecule has 1 saturated heterocycles. The summed E-state index contributed by atoms with van der Waals surface area (Å²) in [6.45, 7) is 2.96. The molecule has 1 aliphatic carbocycles. The standard InChI is InChI=1S/C11H18N4O/c1-15(9-4-5-12-6-9)7-10-13-14-11(16-10)8-2-3-8/h8-9,12H,2-7H2,1H3. The molecule has 88 valence electrons. The third kappa shape index (κ3) is 2.10. The third-order valence-electron chi connectivity index (χ3n) is 3.45. The monoisotopic (exact) mass is 222 g/mol. The second-order valence-electron chi connectivity index (χ2n) is 4.87. The van der Waals surface area contributed by atoms with Gasteiger partial charge in [0.2, 0.25) is 11.8 Å². The summed E-state index contributed by atoms with van der Waals surface area (Å²) >= 11 is 0. The van der Waals surface area contributed by atoms with E-state index < -0.39 is 0 Å². The van der Waals surface area contributed by atoms with E-state index in [1.54, 1.807) is 0 Å². The quantitative estimate of drug-likeness (QED) is 0.814. The molecule has 0 bridgehead atoms. The Morgan fingerprint density at radius 1 is 1.38 bits per heavy atom. The van der Waals surface area contributed by atoms with Gasteiger partial charge in [-0.05, 0) is 32.9 Å². The van der Waals surface area contributed by atoms with Gasteiger partial charge < -0.3 is 9.73 Å². The van der Waals surface area contributed by atoms with E-state index in [2.05, 4.69) is 27.5 Å². The zero-order valence-corrected chi connectivity index (χ0v) is 9.65. The van der Waals surface area contributed by atoms with E-state index in [1.165, 1.54) is 19.3 Å². The maximum Gasteiger partial charge on any atom is 0.230 e. The lowest BCUT2D eigenvalue weighted by Gasteiger charge is -2.21. The van der Waals surface area contributed by atoms with Crippen molar-refractivity contribution < 1.29 is 4.42 Å². The molecule has 5 heteroatoms. The SMILES string of the molecule is CN(Cc1nnc(C2CC2)o1)C1CCNC1. The summed E-state index contributed by atoms with van der Waals surface area (Å²) in [5, 5.41) is 11.6.